The molecule has 0 aliphatic carbocycles. The van der Waals surface area contributed by atoms with Gasteiger partial charge in [-0.3, -0.25) is 4.79 Å². The first-order chi connectivity index (χ1) is 14.3. The molecule has 3 aromatic rings. The molecule has 0 unspecified atom stereocenters. The molecule has 0 fully saturated rings. The van der Waals surface area contributed by atoms with Crippen molar-refractivity contribution in [2.24, 2.45) is 0 Å². The van der Waals surface area contributed by atoms with Crippen molar-refractivity contribution in [3.05, 3.63) is 71.0 Å². The van der Waals surface area contributed by atoms with Gasteiger partial charge in [0.15, 0.2) is 5.82 Å². The monoisotopic (exact) mass is 425 g/mol. The highest BCUT2D eigenvalue weighted by molar-refractivity contribution is 8.00. The highest BCUT2D eigenvalue weighted by Gasteiger charge is 2.22. The zero-order valence-electron chi connectivity index (χ0n) is 17.7. The largest absolute Gasteiger partial charge is 0.485 e. The average Bonchev–Trinajstić information content (AvgIpc) is 3.07. The summed E-state index contributed by atoms with van der Waals surface area (Å²) >= 11 is 1.28. The predicted octanol–water partition coefficient (Wildman–Crippen LogP) is 3.33. The summed E-state index contributed by atoms with van der Waals surface area (Å²) in [6.45, 7) is 6.63. The molecule has 0 saturated heterocycles. The van der Waals surface area contributed by atoms with Crippen LogP contribution in [0.15, 0.2) is 53.7 Å². The van der Waals surface area contributed by atoms with Crippen LogP contribution in [0.1, 0.15) is 29.4 Å². The van der Waals surface area contributed by atoms with Crippen LogP contribution in [-0.4, -0.2) is 38.0 Å². The topological polar surface area (TPSA) is 86.3 Å². The number of benzene rings is 2. The molecule has 158 valence electrons. The van der Waals surface area contributed by atoms with Crippen LogP contribution >= 0.6 is 11.8 Å². The molecule has 7 nitrogen and oxygen atoms in total. The second-order valence-electron chi connectivity index (χ2n) is 7.27. The van der Waals surface area contributed by atoms with Crippen LogP contribution in [0.3, 0.4) is 0 Å². The standard InChI is InChI=1S/C22H27N5O2S/c1-15-10-11-19(16(2)12-15)29-14-20-24-25-22(27(20)23)30-17(3)21(28)26(4)13-18-8-6-5-7-9-18/h5-12,17H,13-14,23H2,1-4H3/t17-/m1/s1. The molecule has 2 aromatic carbocycles. The van der Waals surface area contributed by atoms with Crippen LogP contribution in [0.2, 0.25) is 0 Å². The van der Waals surface area contributed by atoms with Crippen LogP contribution in [0.4, 0.5) is 0 Å². The fraction of sp³-hybridized carbons (Fsp3) is 0.318. The molecule has 0 aliphatic heterocycles. The van der Waals surface area contributed by atoms with Crippen molar-refractivity contribution < 1.29 is 9.53 Å². The summed E-state index contributed by atoms with van der Waals surface area (Å²) in [4.78, 5) is 14.4. The maximum Gasteiger partial charge on any atom is 0.235 e. The first kappa shape index (κ1) is 21.7. The van der Waals surface area contributed by atoms with Crippen molar-refractivity contribution in [3.8, 4) is 5.75 Å². The number of rotatable bonds is 8. The Morgan fingerprint density at radius 3 is 2.63 bits per heavy atom. The number of carbonyl (C=O) groups excluding carboxylic acids is 1. The van der Waals surface area contributed by atoms with E-state index in [1.165, 1.54) is 22.0 Å². The number of hydrogen-bond acceptors (Lipinski definition) is 6. The lowest BCUT2D eigenvalue weighted by Crippen LogP contribution is -2.33. The fourth-order valence-corrected chi connectivity index (χ4v) is 3.95. The number of hydrogen-bond donors (Lipinski definition) is 1. The van der Waals surface area contributed by atoms with Gasteiger partial charge >= 0.3 is 0 Å². The van der Waals surface area contributed by atoms with Gasteiger partial charge in [0.1, 0.15) is 12.4 Å². The molecule has 0 bridgehead atoms. The van der Waals surface area contributed by atoms with Gasteiger partial charge in [-0.2, -0.15) is 0 Å². The highest BCUT2D eigenvalue weighted by atomic mass is 32.2. The van der Waals surface area contributed by atoms with Crippen LogP contribution in [0, 0.1) is 13.8 Å². The van der Waals surface area contributed by atoms with Crippen molar-refractivity contribution >= 4 is 17.7 Å². The average molecular weight is 426 g/mol. The minimum absolute atomic E-state index is 0.0000618. The third kappa shape index (κ3) is 5.33. The molecule has 0 aliphatic rings. The Kier molecular flexibility index (Phi) is 6.99. The summed E-state index contributed by atoms with van der Waals surface area (Å²) in [7, 11) is 1.79. The van der Waals surface area contributed by atoms with Gasteiger partial charge in [-0.15, -0.1) is 10.2 Å². The van der Waals surface area contributed by atoms with Gasteiger partial charge in [0.05, 0.1) is 5.25 Å². The molecule has 1 amide bonds. The molecule has 1 heterocycles. The summed E-state index contributed by atoms with van der Waals surface area (Å²) in [6, 6.07) is 15.9. The van der Waals surface area contributed by atoms with E-state index >= 15 is 0 Å². The van der Waals surface area contributed by atoms with E-state index in [1.54, 1.807) is 11.9 Å². The Hall–Kier alpha value is -3.00. The molecule has 3 rings (SSSR count). The lowest BCUT2D eigenvalue weighted by Gasteiger charge is -2.21. The molecular weight excluding hydrogens is 398 g/mol. The summed E-state index contributed by atoms with van der Waals surface area (Å²) < 4.78 is 7.23. The van der Waals surface area contributed by atoms with E-state index in [0.717, 1.165) is 16.9 Å². The molecular formula is C22H27N5O2S. The minimum atomic E-state index is -0.349. The first-order valence-electron chi connectivity index (χ1n) is 9.70. The Morgan fingerprint density at radius 1 is 1.20 bits per heavy atom. The van der Waals surface area contributed by atoms with Crippen molar-refractivity contribution in [1.29, 1.82) is 0 Å². The van der Waals surface area contributed by atoms with Crippen LogP contribution in [0.25, 0.3) is 0 Å². The molecule has 0 spiro atoms. The summed E-state index contributed by atoms with van der Waals surface area (Å²) in [5, 5.41) is 8.38. The second-order valence-corrected chi connectivity index (χ2v) is 8.57. The molecule has 1 aromatic heterocycles. The van der Waals surface area contributed by atoms with E-state index in [2.05, 4.69) is 16.3 Å². The van der Waals surface area contributed by atoms with Gasteiger partial charge in [0, 0.05) is 13.6 Å². The number of thioether (sulfide) groups is 1. The van der Waals surface area contributed by atoms with Crippen molar-refractivity contribution in [2.45, 2.75) is 44.3 Å². The van der Waals surface area contributed by atoms with Gasteiger partial charge < -0.3 is 15.5 Å². The number of carbonyl (C=O) groups is 1. The quantitative estimate of drug-likeness (QED) is 0.440. The number of nitrogens with zero attached hydrogens (tertiary/aromatic N) is 4. The zero-order valence-corrected chi connectivity index (χ0v) is 18.5. The first-order valence-corrected chi connectivity index (χ1v) is 10.6. The third-order valence-corrected chi connectivity index (χ3v) is 5.74. The van der Waals surface area contributed by atoms with E-state index in [0.29, 0.717) is 17.5 Å². The van der Waals surface area contributed by atoms with Gasteiger partial charge in [0.25, 0.3) is 0 Å². The van der Waals surface area contributed by atoms with Gasteiger partial charge in [-0.05, 0) is 38.0 Å². The van der Waals surface area contributed by atoms with Crippen molar-refractivity contribution in [1.82, 2.24) is 19.8 Å². The number of nitrogen functional groups attached to an aromatic ring is 1. The molecule has 0 radical (unpaired) electrons. The minimum Gasteiger partial charge on any atom is -0.485 e. The number of aromatic nitrogens is 3. The molecule has 8 heteroatoms. The lowest BCUT2D eigenvalue weighted by atomic mass is 10.1. The molecule has 0 saturated carbocycles. The highest BCUT2D eigenvalue weighted by Crippen LogP contribution is 2.24. The third-order valence-electron chi connectivity index (χ3n) is 4.69. The van der Waals surface area contributed by atoms with E-state index in [1.807, 2.05) is 63.2 Å². The fourth-order valence-electron chi connectivity index (χ4n) is 3.04. The number of amides is 1. The van der Waals surface area contributed by atoms with Crippen molar-refractivity contribution in [3.63, 3.8) is 0 Å². The molecule has 1 atom stereocenters. The van der Waals surface area contributed by atoms with E-state index in [9.17, 15) is 4.79 Å². The van der Waals surface area contributed by atoms with Gasteiger partial charge in [-0.25, -0.2) is 4.68 Å². The number of nitrogens with two attached hydrogens (primary N) is 1. The van der Waals surface area contributed by atoms with Crippen LogP contribution in [-0.2, 0) is 17.9 Å². The second kappa shape index (κ2) is 9.67. The molecule has 2 N–H and O–H groups in total. The Labute approximate surface area is 181 Å². The van der Waals surface area contributed by atoms with Crippen molar-refractivity contribution in [2.75, 3.05) is 12.9 Å². The SMILES string of the molecule is Cc1ccc(OCc2nnc(S[C@H](C)C(=O)N(C)Cc3ccccc3)n2N)c(C)c1. The summed E-state index contributed by atoms with van der Waals surface area (Å²) in [5.41, 5.74) is 3.31. The summed E-state index contributed by atoms with van der Waals surface area (Å²) in [5.74, 6) is 7.42. The zero-order chi connectivity index (χ0) is 21.7. The maximum absolute atomic E-state index is 12.7. The number of ether oxygens (including phenoxy) is 1. The van der Waals surface area contributed by atoms with Gasteiger partial charge in [0.2, 0.25) is 11.1 Å². The Bertz CT molecular complexity index is 1010. The normalized spacial score (nSPS) is 11.9. The number of aryl methyl sites for hydroxylation is 2. The maximum atomic E-state index is 12.7. The van der Waals surface area contributed by atoms with E-state index in [-0.39, 0.29) is 17.8 Å². The Balaban J connectivity index is 1.59. The molecule has 30 heavy (non-hydrogen) atoms. The lowest BCUT2D eigenvalue weighted by molar-refractivity contribution is -0.129. The Morgan fingerprint density at radius 2 is 1.93 bits per heavy atom. The van der Waals surface area contributed by atoms with Crippen LogP contribution < -0.4 is 10.6 Å². The predicted molar refractivity (Wildman–Crippen MR) is 119 cm³/mol. The van der Waals surface area contributed by atoms with E-state index in [4.69, 9.17) is 10.6 Å². The smallest absolute Gasteiger partial charge is 0.235 e. The van der Waals surface area contributed by atoms with E-state index < -0.39 is 0 Å². The van der Waals surface area contributed by atoms with Gasteiger partial charge in [-0.1, -0.05) is 59.8 Å². The van der Waals surface area contributed by atoms with Crippen LogP contribution in [0.5, 0.6) is 5.75 Å². The summed E-state index contributed by atoms with van der Waals surface area (Å²) in [6.07, 6.45) is 0.